The standard InChI is InChI=1S/C20H27N5O/c1-5-6-18(25-11-13(2)22-14(3)12-25)19-23-17-9-15(10-21)7-8-16(17)20(26)24(19)4/h7-9,13-14,18,22H,5-6,11-12H2,1-4H3/t13-,14?,18?/m1/s1. The van der Waals surface area contributed by atoms with Gasteiger partial charge in [-0.3, -0.25) is 14.3 Å². The van der Waals surface area contributed by atoms with E-state index in [0.717, 1.165) is 31.8 Å². The van der Waals surface area contributed by atoms with Crippen molar-refractivity contribution >= 4 is 10.9 Å². The van der Waals surface area contributed by atoms with Gasteiger partial charge in [0.2, 0.25) is 0 Å². The topological polar surface area (TPSA) is 74.0 Å². The summed E-state index contributed by atoms with van der Waals surface area (Å²) in [5.74, 6) is 0.792. The van der Waals surface area contributed by atoms with Crippen LogP contribution in [0, 0.1) is 11.3 Å². The highest BCUT2D eigenvalue weighted by Gasteiger charge is 2.30. The van der Waals surface area contributed by atoms with Crippen LogP contribution in [0.15, 0.2) is 23.0 Å². The summed E-state index contributed by atoms with van der Waals surface area (Å²) < 4.78 is 1.69. The highest BCUT2D eigenvalue weighted by molar-refractivity contribution is 5.79. The maximum atomic E-state index is 12.9. The van der Waals surface area contributed by atoms with Crippen LogP contribution in [0.2, 0.25) is 0 Å². The monoisotopic (exact) mass is 353 g/mol. The molecule has 2 aromatic rings. The van der Waals surface area contributed by atoms with Crippen molar-refractivity contribution < 1.29 is 0 Å². The average Bonchev–Trinajstić information content (AvgIpc) is 2.61. The molecule has 6 nitrogen and oxygen atoms in total. The van der Waals surface area contributed by atoms with Crippen molar-refractivity contribution in [3.05, 3.63) is 39.9 Å². The lowest BCUT2D eigenvalue weighted by molar-refractivity contribution is 0.109. The summed E-state index contributed by atoms with van der Waals surface area (Å²) in [6.45, 7) is 8.41. The first-order chi connectivity index (χ1) is 12.4. The molecule has 1 fully saturated rings. The van der Waals surface area contributed by atoms with Gasteiger partial charge in [-0.05, 0) is 38.5 Å². The molecule has 1 aliphatic rings. The number of piperazine rings is 1. The quantitative estimate of drug-likeness (QED) is 0.913. The summed E-state index contributed by atoms with van der Waals surface area (Å²) in [6.07, 6.45) is 1.96. The number of aromatic nitrogens is 2. The molecular weight excluding hydrogens is 326 g/mol. The van der Waals surface area contributed by atoms with E-state index < -0.39 is 0 Å². The molecule has 0 amide bonds. The first-order valence-corrected chi connectivity index (χ1v) is 9.35. The van der Waals surface area contributed by atoms with Crippen LogP contribution in [0.25, 0.3) is 10.9 Å². The van der Waals surface area contributed by atoms with Crippen LogP contribution < -0.4 is 10.9 Å². The number of nitrogens with zero attached hydrogens (tertiary/aromatic N) is 4. The second kappa shape index (κ2) is 7.56. The summed E-state index contributed by atoms with van der Waals surface area (Å²) in [6, 6.07) is 8.13. The first kappa shape index (κ1) is 18.6. The van der Waals surface area contributed by atoms with Gasteiger partial charge in [0.25, 0.3) is 5.56 Å². The zero-order valence-corrected chi connectivity index (χ0v) is 16.0. The van der Waals surface area contributed by atoms with Crippen molar-refractivity contribution in [3.63, 3.8) is 0 Å². The van der Waals surface area contributed by atoms with Crippen LogP contribution >= 0.6 is 0 Å². The molecule has 1 aromatic carbocycles. The van der Waals surface area contributed by atoms with Gasteiger partial charge in [-0.1, -0.05) is 13.3 Å². The Balaban J connectivity index is 2.11. The van der Waals surface area contributed by atoms with Crippen molar-refractivity contribution in [2.24, 2.45) is 7.05 Å². The second-order valence-corrected chi connectivity index (χ2v) is 7.41. The lowest BCUT2D eigenvalue weighted by atomic mass is 10.0. The van der Waals surface area contributed by atoms with Gasteiger partial charge in [-0.25, -0.2) is 4.98 Å². The van der Waals surface area contributed by atoms with Gasteiger partial charge < -0.3 is 5.32 Å². The zero-order chi connectivity index (χ0) is 18.8. The smallest absolute Gasteiger partial charge is 0.261 e. The molecule has 0 spiro atoms. The Morgan fingerprint density at radius 2 is 2.04 bits per heavy atom. The van der Waals surface area contributed by atoms with Gasteiger partial charge in [-0.15, -0.1) is 0 Å². The van der Waals surface area contributed by atoms with E-state index in [1.165, 1.54) is 0 Å². The van der Waals surface area contributed by atoms with Crippen molar-refractivity contribution in [2.75, 3.05) is 13.1 Å². The molecule has 26 heavy (non-hydrogen) atoms. The maximum Gasteiger partial charge on any atom is 0.261 e. The van der Waals surface area contributed by atoms with Gasteiger partial charge in [0.05, 0.1) is 28.6 Å². The Hall–Kier alpha value is -2.23. The fourth-order valence-corrected chi connectivity index (χ4v) is 4.03. The molecule has 1 N–H and O–H groups in total. The van der Waals surface area contributed by atoms with E-state index in [2.05, 4.69) is 37.1 Å². The molecule has 0 radical (unpaired) electrons. The van der Waals surface area contributed by atoms with Crippen LogP contribution in [0.4, 0.5) is 0 Å². The number of fused-ring (bicyclic) bond motifs is 1. The minimum Gasteiger partial charge on any atom is -0.309 e. The van der Waals surface area contributed by atoms with Crippen LogP contribution in [0.5, 0.6) is 0 Å². The molecule has 1 aliphatic heterocycles. The Morgan fingerprint density at radius 1 is 1.35 bits per heavy atom. The second-order valence-electron chi connectivity index (χ2n) is 7.41. The van der Waals surface area contributed by atoms with Gasteiger partial charge in [-0.2, -0.15) is 5.26 Å². The molecule has 6 heteroatoms. The highest BCUT2D eigenvalue weighted by Crippen LogP contribution is 2.27. The third kappa shape index (κ3) is 3.50. The number of nitriles is 1. The largest absolute Gasteiger partial charge is 0.309 e. The SMILES string of the molecule is CCCC(c1nc2cc(C#N)ccc2c(=O)n1C)N1CC(C)N[C@H](C)C1. The Kier molecular flexibility index (Phi) is 5.40. The minimum atomic E-state index is -0.0492. The lowest BCUT2D eigenvalue weighted by Gasteiger charge is -2.41. The van der Waals surface area contributed by atoms with E-state index in [1.807, 2.05) is 0 Å². The van der Waals surface area contributed by atoms with Crippen molar-refractivity contribution in [2.45, 2.75) is 51.7 Å². The average molecular weight is 353 g/mol. The number of hydrogen-bond acceptors (Lipinski definition) is 5. The molecule has 0 bridgehead atoms. The van der Waals surface area contributed by atoms with E-state index in [4.69, 9.17) is 10.2 Å². The summed E-state index contributed by atoms with van der Waals surface area (Å²) in [7, 11) is 1.81. The number of rotatable bonds is 4. The number of benzene rings is 1. The van der Waals surface area contributed by atoms with E-state index >= 15 is 0 Å². The molecule has 1 saturated heterocycles. The van der Waals surface area contributed by atoms with Crippen LogP contribution in [-0.4, -0.2) is 39.6 Å². The minimum absolute atomic E-state index is 0.0492. The molecule has 3 atom stereocenters. The Labute approximate surface area is 154 Å². The van der Waals surface area contributed by atoms with Gasteiger partial charge in [0.1, 0.15) is 5.82 Å². The summed E-state index contributed by atoms with van der Waals surface area (Å²) in [4.78, 5) is 20.2. The summed E-state index contributed by atoms with van der Waals surface area (Å²) in [5.41, 5.74) is 1.09. The molecule has 2 heterocycles. The van der Waals surface area contributed by atoms with Crippen LogP contribution in [-0.2, 0) is 7.05 Å². The van der Waals surface area contributed by atoms with Crippen LogP contribution in [0.1, 0.15) is 51.0 Å². The zero-order valence-electron chi connectivity index (χ0n) is 16.0. The predicted molar refractivity (Wildman–Crippen MR) is 103 cm³/mol. The normalized spacial score (nSPS) is 22.3. The van der Waals surface area contributed by atoms with E-state index in [0.29, 0.717) is 28.6 Å². The van der Waals surface area contributed by atoms with Gasteiger partial charge in [0.15, 0.2) is 0 Å². The Morgan fingerprint density at radius 3 is 2.65 bits per heavy atom. The molecule has 0 saturated carbocycles. The first-order valence-electron chi connectivity index (χ1n) is 9.35. The van der Waals surface area contributed by atoms with E-state index in [9.17, 15) is 4.79 Å². The van der Waals surface area contributed by atoms with E-state index in [-0.39, 0.29) is 11.6 Å². The fraction of sp³-hybridized carbons (Fsp3) is 0.550. The van der Waals surface area contributed by atoms with Crippen molar-refractivity contribution in [3.8, 4) is 6.07 Å². The highest BCUT2D eigenvalue weighted by atomic mass is 16.1. The molecule has 0 aliphatic carbocycles. The molecule has 2 unspecified atom stereocenters. The molecular formula is C20H27N5O. The number of nitrogens with one attached hydrogen (secondary N) is 1. The predicted octanol–water partition coefficient (Wildman–Crippen LogP) is 2.33. The van der Waals surface area contributed by atoms with Crippen LogP contribution in [0.3, 0.4) is 0 Å². The van der Waals surface area contributed by atoms with Crippen molar-refractivity contribution in [1.82, 2.24) is 19.8 Å². The van der Waals surface area contributed by atoms with Gasteiger partial charge in [0, 0.05) is 32.2 Å². The summed E-state index contributed by atoms with van der Waals surface area (Å²) in [5, 5.41) is 13.3. The third-order valence-electron chi connectivity index (χ3n) is 5.13. The number of hydrogen-bond donors (Lipinski definition) is 1. The molecule has 138 valence electrons. The van der Waals surface area contributed by atoms with E-state index in [1.54, 1.807) is 29.8 Å². The van der Waals surface area contributed by atoms with Gasteiger partial charge >= 0.3 is 0 Å². The third-order valence-corrected chi connectivity index (χ3v) is 5.13. The fourth-order valence-electron chi connectivity index (χ4n) is 4.03. The summed E-state index contributed by atoms with van der Waals surface area (Å²) >= 11 is 0. The molecule has 1 aromatic heterocycles. The Bertz CT molecular complexity index is 887. The lowest BCUT2D eigenvalue weighted by Crippen LogP contribution is -2.55. The van der Waals surface area contributed by atoms with Crippen molar-refractivity contribution in [1.29, 1.82) is 5.26 Å². The maximum absolute atomic E-state index is 12.9. The molecule has 3 rings (SSSR count).